The molecule has 0 saturated heterocycles. The summed E-state index contributed by atoms with van der Waals surface area (Å²) < 4.78 is 6.01. The van der Waals surface area contributed by atoms with Crippen molar-refractivity contribution in [3.05, 3.63) is 41.4 Å². The van der Waals surface area contributed by atoms with Crippen LogP contribution in [-0.2, 0) is 0 Å². The molecular formula is C16H20ClNO. The predicted molar refractivity (Wildman–Crippen MR) is 82.2 cm³/mol. The molecule has 2 aromatic carbocycles. The topological polar surface area (TPSA) is 21.3 Å². The van der Waals surface area contributed by atoms with Crippen molar-refractivity contribution in [3.8, 4) is 5.75 Å². The fraction of sp³-hybridized carbons (Fsp3) is 0.375. The van der Waals surface area contributed by atoms with Crippen molar-refractivity contribution in [2.24, 2.45) is 0 Å². The largest absolute Gasteiger partial charge is 0.489 e. The molecule has 0 aliphatic rings. The van der Waals surface area contributed by atoms with Crippen molar-refractivity contribution in [1.29, 1.82) is 0 Å². The molecule has 19 heavy (non-hydrogen) atoms. The summed E-state index contributed by atoms with van der Waals surface area (Å²) in [6.07, 6.45) is 0.118. The standard InChI is InChI=1S/C16H20ClNO/c1-11(2)18-10-12(3)19-16-9-8-15(17)13-6-4-5-7-14(13)16/h4-9,11-12,18H,10H2,1-3H3. The Hall–Kier alpha value is -1.25. The van der Waals surface area contributed by atoms with Gasteiger partial charge in [-0.2, -0.15) is 0 Å². The summed E-state index contributed by atoms with van der Waals surface area (Å²) in [6, 6.07) is 12.3. The van der Waals surface area contributed by atoms with E-state index in [-0.39, 0.29) is 6.10 Å². The van der Waals surface area contributed by atoms with Crippen LogP contribution in [0.15, 0.2) is 36.4 Å². The average molecular weight is 278 g/mol. The van der Waals surface area contributed by atoms with E-state index in [1.165, 1.54) is 0 Å². The van der Waals surface area contributed by atoms with Crippen LogP contribution in [0.2, 0.25) is 5.02 Å². The number of hydrogen-bond donors (Lipinski definition) is 1. The first kappa shape index (κ1) is 14.2. The molecule has 0 aromatic heterocycles. The Bertz CT molecular complexity index is 553. The maximum Gasteiger partial charge on any atom is 0.127 e. The number of hydrogen-bond acceptors (Lipinski definition) is 2. The Morgan fingerprint density at radius 2 is 1.74 bits per heavy atom. The summed E-state index contributed by atoms with van der Waals surface area (Å²) in [6.45, 7) is 7.15. The van der Waals surface area contributed by atoms with Crippen molar-refractivity contribution in [2.75, 3.05) is 6.54 Å². The quantitative estimate of drug-likeness (QED) is 0.882. The van der Waals surface area contributed by atoms with E-state index < -0.39 is 0 Å². The van der Waals surface area contributed by atoms with Gasteiger partial charge in [0, 0.05) is 28.4 Å². The third-order valence-electron chi connectivity index (χ3n) is 2.97. The van der Waals surface area contributed by atoms with Gasteiger partial charge in [-0.1, -0.05) is 49.7 Å². The molecule has 0 bridgehead atoms. The zero-order chi connectivity index (χ0) is 13.8. The third kappa shape index (κ3) is 3.62. The lowest BCUT2D eigenvalue weighted by molar-refractivity contribution is 0.216. The molecule has 0 amide bonds. The Morgan fingerprint density at radius 3 is 2.42 bits per heavy atom. The monoisotopic (exact) mass is 277 g/mol. The molecular weight excluding hydrogens is 258 g/mol. The number of benzene rings is 2. The van der Waals surface area contributed by atoms with Gasteiger partial charge in [-0.05, 0) is 19.1 Å². The van der Waals surface area contributed by atoms with E-state index in [9.17, 15) is 0 Å². The van der Waals surface area contributed by atoms with E-state index in [0.29, 0.717) is 6.04 Å². The molecule has 2 aromatic rings. The average Bonchev–Trinajstić information content (AvgIpc) is 2.40. The van der Waals surface area contributed by atoms with Gasteiger partial charge in [0.15, 0.2) is 0 Å². The molecule has 0 saturated carbocycles. The molecule has 0 radical (unpaired) electrons. The Balaban J connectivity index is 2.19. The zero-order valence-electron chi connectivity index (χ0n) is 11.6. The summed E-state index contributed by atoms with van der Waals surface area (Å²) in [5.74, 6) is 0.887. The lowest BCUT2D eigenvalue weighted by atomic mass is 10.1. The molecule has 0 aliphatic heterocycles. The highest BCUT2D eigenvalue weighted by Crippen LogP contribution is 2.31. The van der Waals surface area contributed by atoms with Crippen LogP contribution in [0, 0.1) is 0 Å². The van der Waals surface area contributed by atoms with E-state index in [1.54, 1.807) is 0 Å². The SMILES string of the molecule is CC(C)NCC(C)Oc1ccc(Cl)c2ccccc12. The minimum atomic E-state index is 0.118. The van der Waals surface area contributed by atoms with Crippen LogP contribution in [0.25, 0.3) is 10.8 Å². The van der Waals surface area contributed by atoms with E-state index in [4.69, 9.17) is 16.3 Å². The van der Waals surface area contributed by atoms with Crippen molar-refractivity contribution in [3.63, 3.8) is 0 Å². The van der Waals surface area contributed by atoms with Crippen LogP contribution in [0.3, 0.4) is 0 Å². The van der Waals surface area contributed by atoms with Crippen LogP contribution < -0.4 is 10.1 Å². The van der Waals surface area contributed by atoms with Crippen molar-refractivity contribution < 1.29 is 4.74 Å². The van der Waals surface area contributed by atoms with Crippen LogP contribution in [0.5, 0.6) is 5.75 Å². The van der Waals surface area contributed by atoms with Gasteiger partial charge in [0.2, 0.25) is 0 Å². The maximum absolute atomic E-state index is 6.20. The molecule has 1 N–H and O–H groups in total. The van der Waals surface area contributed by atoms with Gasteiger partial charge < -0.3 is 10.1 Å². The first-order valence-electron chi connectivity index (χ1n) is 6.65. The van der Waals surface area contributed by atoms with Gasteiger partial charge in [-0.3, -0.25) is 0 Å². The molecule has 0 spiro atoms. The molecule has 2 nitrogen and oxygen atoms in total. The Labute approximate surface area is 119 Å². The van der Waals surface area contributed by atoms with E-state index in [1.807, 2.05) is 36.4 Å². The molecule has 102 valence electrons. The van der Waals surface area contributed by atoms with E-state index in [2.05, 4.69) is 26.1 Å². The van der Waals surface area contributed by atoms with Gasteiger partial charge in [0.1, 0.15) is 11.9 Å². The summed E-state index contributed by atoms with van der Waals surface area (Å²) in [5.41, 5.74) is 0. The third-order valence-corrected chi connectivity index (χ3v) is 3.30. The molecule has 2 rings (SSSR count). The van der Waals surface area contributed by atoms with E-state index in [0.717, 1.165) is 28.1 Å². The van der Waals surface area contributed by atoms with Gasteiger partial charge >= 0.3 is 0 Å². The van der Waals surface area contributed by atoms with Gasteiger partial charge in [0.05, 0.1) is 0 Å². The zero-order valence-corrected chi connectivity index (χ0v) is 12.4. The molecule has 0 fully saturated rings. The highest BCUT2D eigenvalue weighted by molar-refractivity contribution is 6.35. The summed E-state index contributed by atoms with van der Waals surface area (Å²) in [7, 11) is 0. The fourth-order valence-corrected chi connectivity index (χ4v) is 2.23. The Morgan fingerprint density at radius 1 is 1.05 bits per heavy atom. The smallest absolute Gasteiger partial charge is 0.127 e. The normalized spacial score (nSPS) is 12.9. The second-order valence-corrected chi connectivity index (χ2v) is 5.49. The van der Waals surface area contributed by atoms with Crippen LogP contribution in [0.1, 0.15) is 20.8 Å². The lowest BCUT2D eigenvalue weighted by Crippen LogP contribution is -2.33. The number of ether oxygens (including phenoxy) is 1. The highest BCUT2D eigenvalue weighted by atomic mass is 35.5. The van der Waals surface area contributed by atoms with Crippen LogP contribution in [-0.4, -0.2) is 18.7 Å². The van der Waals surface area contributed by atoms with E-state index >= 15 is 0 Å². The maximum atomic E-state index is 6.20. The summed E-state index contributed by atoms with van der Waals surface area (Å²) in [4.78, 5) is 0. The van der Waals surface area contributed by atoms with Crippen LogP contribution in [0.4, 0.5) is 0 Å². The molecule has 0 heterocycles. The number of halogens is 1. The molecule has 0 aliphatic carbocycles. The molecule has 1 atom stereocenters. The number of fused-ring (bicyclic) bond motifs is 1. The van der Waals surface area contributed by atoms with Gasteiger partial charge in [-0.25, -0.2) is 0 Å². The lowest BCUT2D eigenvalue weighted by Gasteiger charge is -2.18. The van der Waals surface area contributed by atoms with Crippen molar-refractivity contribution in [2.45, 2.75) is 32.9 Å². The number of rotatable bonds is 5. The fourth-order valence-electron chi connectivity index (χ4n) is 2.00. The minimum Gasteiger partial charge on any atom is -0.489 e. The first-order chi connectivity index (χ1) is 9.08. The van der Waals surface area contributed by atoms with Crippen LogP contribution >= 0.6 is 11.6 Å². The highest BCUT2D eigenvalue weighted by Gasteiger charge is 2.09. The predicted octanol–water partition coefficient (Wildman–Crippen LogP) is 4.26. The van der Waals surface area contributed by atoms with Gasteiger partial charge in [0.25, 0.3) is 0 Å². The summed E-state index contributed by atoms with van der Waals surface area (Å²) in [5, 5.41) is 6.23. The second-order valence-electron chi connectivity index (χ2n) is 5.08. The number of nitrogens with one attached hydrogen (secondary N) is 1. The second kappa shape index (κ2) is 6.27. The van der Waals surface area contributed by atoms with Crippen molar-refractivity contribution >= 4 is 22.4 Å². The molecule has 3 heteroatoms. The minimum absolute atomic E-state index is 0.118. The molecule has 1 unspecified atom stereocenters. The van der Waals surface area contributed by atoms with Gasteiger partial charge in [-0.15, -0.1) is 0 Å². The Kier molecular flexibility index (Phi) is 4.67. The first-order valence-corrected chi connectivity index (χ1v) is 7.03. The summed E-state index contributed by atoms with van der Waals surface area (Å²) >= 11 is 6.20. The van der Waals surface area contributed by atoms with Crippen molar-refractivity contribution in [1.82, 2.24) is 5.32 Å².